The molecule has 1 saturated heterocycles. The number of hydrogen-bond donors (Lipinski definition) is 1. The summed E-state index contributed by atoms with van der Waals surface area (Å²) in [4.78, 5) is 11.6. The molecule has 0 aliphatic carbocycles. The summed E-state index contributed by atoms with van der Waals surface area (Å²) in [6.07, 6.45) is 1.32. The molecule has 1 amide bonds. The van der Waals surface area contributed by atoms with Crippen LogP contribution in [0.25, 0.3) is 0 Å². The van der Waals surface area contributed by atoms with E-state index in [1.54, 1.807) is 0 Å². The van der Waals surface area contributed by atoms with Crippen LogP contribution in [-0.2, 0) is 14.6 Å². The maximum atomic E-state index is 11.6. The fourth-order valence-electron chi connectivity index (χ4n) is 1.60. The van der Waals surface area contributed by atoms with Gasteiger partial charge in [0.15, 0.2) is 9.84 Å². The summed E-state index contributed by atoms with van der Waals surface area (Å²) in [6.45, 7) is 1.92. The van der Waals surface area contributed by atoms with Crippen LogP contribution in [0.4, 0.5) is 0 Å². The second-order valence-electron chi connectivity index (χ2n) is 3.99. The molecule has 2 atom stereocenters. The largest absolute Gasteiger partial charge is 0.353 e. The number of amides is 1. The van der Waals surface area contributed by atoms with Crippen molar-refractivity contribution in [2.75, 3.05) is 16.8 Å². The number of rotatable bonds is 4. The monoisotopic (exact) mass is 297 g/mol. The van der Waals surface area contributed by atoms with Gasteiger partial charge in [-0.05, 0) is 19.8 Å². The van der Waals surface area contributed by atoms with Gasteiger partial charge in [-0.3, -0.25) is 4.79 Å². The summed E-state index contributed by atoms with van der Waals surface area (Å²) in [7, 11) is -2.96. The second-order valence-corrected chi connectivity index (χ2v) is 7.01. The number of carbonyl (C=O) groups excluding carboxylic acids is 1. The number of sulfone groups is 1. The van der Waals surface area contributed by atoms with Gasteiger partial charge in [-0.15, -0.1) is 0 Å². The molecule has 15 heavy (non-hydrogen) atoms. The first-order valence-electron chi connectivity index (χ1n) is 5.01. The molecule has 0 bridgehead atoms. The van der Waals surface area contributed by atoms with E-state index < -0.39 is 9.84 Å². The second kappa shape index (κ2) is 5.30. The van der Waals surface area contributed by atoms with Crippen molar-refractivity contribution in [1.82, 2.24) is 5.32 Å². The third-order valence-electron chi connectivity index (χ3n) is 2.53. The standard InChI is InChI=1S/C9H16BrNO3S/c1-7(2-4-10)11-9(12)8-3-5-15(13,14)6-8/h7-8H,2-6H2,1H3,(H,11,12). The van der Waals surface area contributed by atoms with Crippen LogP contribution < -0.4 is 5.32 Å². The average molecular weight is 298 g/mol. The van der Waals surface area contributed by atoms with E-state index in [1.165, 1.54) is 0 Å². The van der Waals surface area contributed by atoms with E-state index in [9.17, 15) is 13.2 Å². The summed E-state index contributed by atoms with van der Waals surface area (Å²) in [6, 6.07) is 0.0974. The predicted octanol–water partition coefficient (Wildman–Crippen LogP) is 0.711. The molecule has 0 spiro atoms. The number of hydrogen-bond acceptors (Lipinski definition) is 3. The van der Waals surface area contributed by atoms with Gasteiger partial charge in [-0.2, -0.15) is 0 Å². The molecule has 1 fully saturated rings. The third-order valence-corrected chi connectivity index (χ3v) is 4.76. The van der Waals surface area contributed by atoms with Crippen molar-refractivity contribution in [3.63, 3.8) is 0 Å². The van der Waals surface area contributed by atoms with Gasteiger partial charge < -0.3 is 5.32 Å². The Kier molecular flexibility index (Phi) is 4.58. The zero-order valence-corrected chi connectivity index (χ0v) is 11.1. The molecule has 2 unspecified atom stereocenters. The van der Waals surface area contributed by atoms with Gasteiger partial charge in [0, 0.05) is 11.4 Å². The lowest BCUT2D eigenvalue weighted by Crippen LogP contribution is -2.37. The summed E-state index contributed by atoms with van der Waals surface area (Å²) < 4.78 is 22.3. The van der Waals surface area contributed by atoms with Gasteiger partial charge in [0.1, 0.15) is 0 Å². The van der Waals surface area contributed by atoms with E-state index in [-0.39, 0.29) is 29.4 Å². The quantitative estimate of drug-likeness (QED) is 0.778. The Morgan fingerprint density at radius 3 is 2.73 bits per heavy atom. The minimum absolute atomic E-state index is 0.0138. The minimum Gasteiger partial charge on any atom is -0.353 e. The summed E-state index contributed by atoms with van der Waals surface area (Å²) in [5, 5.41) is 3.66. The van der Waals surface area contributed by atoms with Crippen molar-refractivity contribution in [2.45, 2.75) is 25.8 Å². The van der Waals surface area contributed by atoms with Crippen LogP contribution in [0.3, 0.4) is 0 Å². The first kappa shape index (κ1) is 13.0. The van der Waals surface area contributed by atoms with Gasteiger partial charge in [-0.1, -0.05) is 15.9 Å². The van der Waals surface area contributed by atoms with Crippen LogP contribution in [0.1, 0.15) is 19.8 Å². The zero-order valence-electron chi connectivity index (χ0n) is 8.70. The summed E-state index contributed by atoms with van der Waals surface area (Å²) in [5.41, 5.74) is 0. The van der Waals surface area contributed by atoms with E-state index >= 15 is 0 Å². The van der Waals surface area contributed by atoms with E-state index in [4.69, 9.17) is 0 Å². The van der Waals surface area contributed by atoms with Gasteiger partial charge in [-0.25, -0.2) is 8.42 Å². The Labute approximate surface area is 98.9 Å². The predicted molar refractivity (Wildman–Crippen MR) is 62.8 cm³/mol. The highest BCUT2D eigenvalue weighted by Crippen LogP contribution is 2.18. The third kappa shape index (κ3) is 4.10. The molecule has 0 radical (unpaired) electrons. The molecular weight excluding hydrogens is 282 g/mol. The summed E-state index contributed by atoms with van der Waals surface area (Å²) in [5.74, 6) is -0.296. The number of nitrogens with one attached hydrogen (secondary N) is 1. The average Bonchev–Trinajstić information content (AvgIpc) is 2.46. The molecule has 4 nitrogen and oxygen atoms in total. The van der Waals surface area contributed by atoms with Crippen molar-refractivity contribution in [3.05, 3.63) is 0 Å². The van der Waals surface area contributed by atoms with Gasteiger partial charge in [0.05, 0.1) is 17.4 Å². The zero-order chi connectivity index (χ0) is 11.5. The first-order chi connectivity index (χ1) is 6.94. The first-order valence-corrected chi connectivity index (χ1v) is 7.95. The van der Waals surface area contributed by atoms with Crippen molar-refractivity contribution in [1.29, 1.82) is 0 Å². The number of halogens is 1. The Bertz CT molecular complexity index is 328. The van der Waals surface area contributed by atoms with Crippen molar-refractivity contribution >= 4 is 31.7 Å². The fourth-order valence-corrected chi connectivity index (χ4v) is 4.03. The van der Waals surface area contributed by atoms with Crippen LogP contribution in [-0.4, -0.2) is 37.2 Å². The molecule has 1 rings (SSSR count). The SMILES string of the molecule is CC(CCBr)NC(=O)C1CCS(=O)(=O)C1. The fraction of sp³-hybridized carbons (Fsp3) is 0.889. The Morgan fingerprint density at radius 1 is 1.60 bits per heavy atom. The Hall–Kier alpha value is -0.100. The van der Waals surface area contributed by atoms with Gasteiger partial charge in [0.25, 0.3) is 0 Å². The minimum atomic E-state index is -2.96. The number of carbonyl (C=O) groups is 1. The van der Waals surface area contributed by atoms with E-state index in [1.807, 2.05) is 6.92 Å². The Balaban J connectivity index is 2.42. The lowest BCUT2D eigenvalue weighted by atomic mass is 10.1. The molecule has 6 heteroatoms. The molecule has 0 aromatic heterocycles. The smallest absolute Gasteiger partial charge is 0.224 e. The van der Waals surface area contributed by atoms with Crippen molar-refractivity contribution in [3.8, 4) is 0 Å². The maximum absolute atomic E-state index is 11.6. The molecule has 1 heterocycles. The molecule has 0 aromatic carbocycles. The van der Waals surface area contributed by atoms with Crippen LogP contribution in [0.5, 0.6) is 0 Å². The van der Waals surface area contributed by atoms with Gasteiger partial charge >= 0.3 is 0 Å². The molecule has 88 valence electrons. The molecule has 0 saturated carbocycles. The summed E-state index contributed by atoms with van der Waals surface area (Å²) >= 11 is 3.29. The lowest BCUT2D eigenvalue weighted by molar-refractivity contribution is -0.124. The molecular formula is C9H16BrNO3S. The normalized spacial score (nSPS) is 26.1. The molecule has 1 aliphatic rings. The molecule has 1 aliphatic heterocycles. The van der Waals surface area contributed by atoms with Crippen molar-refractivity contribution in [2.24, 2.45) is 5.92 Å². The van der Waals surface area contributed by atoms with Crippen LogP contribution >= 0.6 is 15.9 Å². The highest BCUT2D eigenvalue weighted by molar-refractivity contribution is 9.09. The van der Waals surface area contributed by atoms with Crippen LogP contribution in [0, 0.1) is 5.92 Å². The maximum Gasteiger partial charge on any atom is 0.224 e. The van der Waals surface area contributed by atoms with E-state index in [0.717, 1.165) is 11.8 Å². The highest BCUT2D eigenvalue weighted by Gasteiger charge is 2.33. The van der Waals surface area contributed by atoms with E-state index in [0.29, 0.717) is 6.42 Å². The van der Waals surface area contributed by atoms with Crippen molar-refractivity contribution < 1.29 is 13.2 Å². The molecule has 0 aromatic rings. The number of alkyl halides is 1. The lowest BCUT2D eigenvalue weighted by Gasteiger charge is -2.15. The topological polar surface area (TPSA) is 63.2 Å². The van der Waals surface area contributed by atoms with Crippen LogP contribution in [0.15, 0.2) is 0 Å². The molecule has 1 N–H and O–H groups in total. The Morgan fingerprint density at radius 2 is 2.27 bits per heavy atom. The highest BCUT2D eigenvalue weighted by atomic mass is 79.9. The van der Waals surface area contributed by atoms with Gasteiger partial charge in [0.2, 0.25) is 5.91 Å². The van der Waals surface area contributed by atoms with E-state index in [2.05, 4.69) is 21.2 Å². The van der Waals surface area contributed by atoms with Crippen LogP contribution in [0.2, 0.25) is 0 Å².